The summed E-state index contributed by atoms with van der Waals surface area (Å²) in [6, 6.07) is 21.6. The average Bonchev–Trinajstić information content (AvgIpc) is 2.32. The molecule has 74 valence electrons. The molecule has 0 saturated heterocycles. The van der Waals surface area contributed by atoms with Crippen molar-refractivity contribution < 1.29 is 0 Å². The van der Waals surface area contributed by atoms with E-state index in [0.717, 1.165) is 0 Å². The van der Waals surface area contributed by atoms with Gasteiger partial charge in [-0.05, 0) is 0 Å². The molecule has 0 aliphatic heterocycles. The summed E-state index contributed by atoms with van der Waals surface area (Å²) in [5.41, 5.74) is 3.00. The molecule has 0 aliphatic rings. The lowest BCUT2D eigenvalue weighted by Gasteiger charge is -1.99. The predicted molar refractivity (Wildman–Crippen MR) is 67.4 cm³/mol. The third-order valence-corrected chi connectivity index (χ3v) is 4.48. The van der Waals surface area contributed by atoms with Crippen molar-refractivity contribution in [3.63, 3.8) is 0 Å². The van der Waals surface area contributed by atoms with Gasteiger partial charge < -0.3 is 0 Å². The zero-order chi connectivity index (χ0) is 10.3. The highest BCUT2D eigenvalue weighted by atomic mass is 27.1. The summed E-state index contributed by atoms with van der Waals surface area (Å²) in [4.78, 5) is 0. The highest BCUT2D eigenvalue weighted by Gasteiger charge is 1.97. The normalized spacial score (nSPS) is 9.87. The van der Waals surface area contributed by atoms with E-state index in [1.54, 1.807) is 0 Å². The topological polar surface area (TPSA) is 0 Å². The largest absolute Gasteiger partial charge is 0.248 e. The lowest BCUT2D eigenvalue weighted by molar-refractivity contribution is 1.30. The van der Waals surface area contributed by atoms with Gasteiger partial charge in [0.2, 0.25) is 15.2 Å². The Labute approximate surface area is 97.7 Å². The first-order chi connectivity index (χ1) is 7.45. The van der Waals surface area contributed by atoms with Crippen LogP contribution in [-0.4, -0.2) is 15.2 Å². The van der Waals surface area contributed by atoms with Crippen LogP contribution in [0.1, 0.15) is 11.1 Å². The highest BCUT2D eigenvalue weighted by Crippen LogP contribution is 2.02. The molecule has 0 unspecified atom stereocenters. The summed E-state index contributed by atoms with van der Waals surface area (Å²) < 4.78 is 0. The molecule has 0 nitrogen and oxygen atoms in total. The maximum atomic E-state index is 2.23. The molecular weight excluding hydrogens is 195 g/mol. The van der Waals surface area contributed by atoms with Crippen molar-refractivity contribution in [3.05, 3.63) is 71.8 Å². The van der Waals surface area contributed by atoms with E-state index >= 15 is 0 Å². The van der Waals surface area contributed by atoms with E-state index in [2.05, 4.69) is 60.7 Å². The number of benzene rings is 2. The third kappa shape index (κ3) is 3.55. The van der Waals surface area contributed by atoms with Crippen LogP contribution in [-0.2, 0) is 10.6 Å². The van der Waals surface area contributed by atoms with Crippen LogP contribution < -0.4 is 0 Å². The maximum absolute atomic E-state index is 2.23. The van der Waals surface area contributed by atoms with Gasteiger partial charge in [0.15, 0.2) is 0 Å². The minimum atomic E-state index is 0.0148. The minimum absolute atomic E-state index is 0.0148. The first-order valence-electron chi connectivity index (χ1n) is 5.53. The molecule has 0 fully saturated rings. The molecule has 15 heavy (non-hydrogen) atoms. The Morgan fingerprint density at radius 2 is 1.00 bits per heavy atom. The molecule has 0 aromatic heterocycles. The zero-order valence-electron chi connectivity index (χ0n) is 8.89. The molecule has 0 atom stereocenters. The van der Waals surface area contributed by atoms with Crippen molar-refractivity contribution in [2.24, 2.45) is 0 Å². The second kappa shape index (κ2) is 5.76. The van der Waals surface area contributed by atoms with E-state index in [4.69, 9.17) is 0 Å². The van der Waals surface area contributed by atoms with Crippen LogP contribution in [0.3, 0.4) is 0 Å². The van der Waals surface area contributed by atoms with Gasteiger partial charge in [-0.15, -0.1) is 0 Å². The van der Waals surface area contributed by atoms with Gasteiger partial charge in [0, 0.05) is 0 Å². The Bertz CT molecular complexity index is 341. The van der Waals surface area contributed by atoms with Gasteiger partial charge in [-0.3, -0.25) is 0 Å². The summed E-state index contributed by atoms with van der Waals surface area (Å²) in [5.74, 6) is 0. The monoisotopic (exact) mass is 210 g/mol. The number of hydrogen-bond donors (Lipinski definition) is 0. The van der Waals surface area contributed by atoms with Crippen LogP contribution in [0.5, 0.6) is 0 Å². The van der Waals surface area contributed by atoms with Gasteiger partial charge in [-0.2, -0.15) is 0 Å². The molecule has 0 radical (unpaired) electrons. The molecule has 1 heteroatoms. The van der Waals surface area contributed by atoms with E-state index in [-0.39, 0.29) is 15.2 Å². The van der Waals surface area contributed by atoms with E-state index in [9.17, 15) is 0 Å². The van der Waals surface area contributed by atoms with Crippen LogP contribution in [0.25, 0.3) is 0 Å². The van der Waals surface area contributed by atoms with E-state index < -0.39 is 0 Å². The fourth-order valence-corrected chi connectivity index (χ4v) is 3.45. The molecule has 2 aromatic rings. The van der Waals surface area contributed by atoms with Crippen LogP contribution in [0.2, 0.25) is 0 Å². The van der Waals surface area contributed by atoms with Crippen molar-refractivity contribution >= 4 is 15.2 Å². The summed E-state index contributed by atoms with van der Waals surface area (Å²) in [7, 11) is 0. The van der Waals surface area contributed by atoms with E-state index in [1.165, 1.54) is 21.7 Å². The van der Waals surface area contributed by atoms with Gasteiger partial charge in [-0.25, -0.2) is 0 Å². The molecule has 2 rings (SSSR count). The average molecular weight is 210 g/mol. The standard InChI is InChI=1S/2C7H7.Al.H/c2*1-7-5-3-2-4-6-7;;/h2*2-6H,1H2;;. The Hall–Kier alpha value is -1.03. The highest BCUT2D eigenvalue weighted by molar-refractivity contribution is 6.34. The summed E-state index contributed by atoms with van der Waals surface area (Å²) in [6.07, 6.45) is 0. The van der Waals surface area contributed by atoms with Crippen molar-refractivity contribution in [2.75, 3.05) is 0 Å². The van der Waals surface area contributed by atoms with E-state index in [0.29, 0.717) is 0 Å². The quantitative estimate of drug-likeness (QED) is 0.681. The van der Waals surface area contributed by atoms with Crippen LogP contribution >= 0.6 is 0 Å². The second-order valence-electron chi connectivity index (χ2n) is 3.82. The van der Waals surface area contributed by atoms with Gasteiger partial charge in [0.25, 0.3) is 0 Å². The molecule has 0 N–H and O–H groups in total. The lowest BCUT2D eigenvalue weighted by Crippen LogP contribution is -2.01. The van der Waals surface area contributed by atoms with Crippen LogP contribution in [0.15, 0.2) is 60.7 Å². The smallest absolute Gasteiger partial charge is 0.0729 e. The Morgan fingerprint density at radius 1 is 0.600 bits per heavy atom. The molecule has 0 amide bonds. The zero-order valence-corrected chi connectivity index (χ0v) is 10.3. The lowest BCUT2D eigenvalue weighted by atomic mass is 10.2. The molecule has 2 aromatic carbocycles. The minimum Gasteiger partial charge on any atom is -0.0729 e. The summed E-state index contributed by atoms with van der Waals surface area (Å²) in [6.45, 7) is 0. The third-order valence-electron chi connectivity index (χ3n) is 2.62. The Kier molecular flexibility index (Phi) is 4.03. The number of hydrogen-bond acceptors (Lipinski definition) is 0. The molecule has 0 spiro atoms. The van der Waals surface area contributed by atoms with Crippen molar-refractivity contribution in [1.82, 2.24) is 0 Å². The fraction of sp³-hybridized carbons (Fsp3) is 0.143. The fourth-order valence-electron chi connectivity index (χ4n) is 1.79. The van der Waals surface area contributed by atoms with E-state index in [1.807, 2.05) is 0 Å². The Morgan fingerprint density at radius 3 is 1.40 bits per heavy atom. The van der Waals surface area contributed by atoms with Gasteiger partial charge in [0.05, 0.1) is 0 Å². The summed E-state index contributed by atoms with van der Waals surface area (Å²) in [5, 5.41) is 2.63. The van der Waals surface area contributed by atoms with Gasteiger partial charge in [0.1, 0.15) is 0 Å². The van der Waals surface area contributed by atoms with Crippen LogP contribution in [0, 0.1) is 0 Å². The second-order valence-corrected chi connectivity index (χ2v) is 5.53. The summed E-state index contributed by atoms with van der Waals surface area (Å²) >= 11 is 0.0148. The molecule has 0 heterocycles. The Balaban J connectivity index is 1.81. The van der Waals surface area contributed by atoms with Crippen molar-refractivity contribution in [1.29, 1.82) is 0 Å². The van der Waals surface area contributed by atoms with Crippen molar-refractivity contribution in [3.8, 4) is 0 Å². The van der Waals surface area contributed by atoms with Gasteiger partial charge in [-0.1, -0.05) is 82.4 Å². The predicted octanol–water partition coefficient (Wildman–Crippen LogP) is 2.82. The molecule has 0 bridgehead atoms. The first-order valence-corrected chi connectivity index (χ1v) is 7.53. The molecule has 0 aliphatic carbocycles. The van der Waals surface area contributed by atoms with Crippen LogP contribution in [0.4, 0.5) is 0 Å². The SMILES string of the molecule is c1ccc([CH2][AlH][CH2]c2ccccc2)cc1. The molecular formula is C14H15Al. The van der Waals surface area contributed by atoms with Gasteiger partial charge >= 0.3 is 0 Å². The maximum Gasteiger partial charge on any atom is 0.248 e. The number of rotatable bonds is 4. The van der Waals surface area contributed by atoms with Crippen molar-refractivity contribution in [2.45, 2.75) is 10.6 Å². The first kappa shape index (κ1) is 10.5. The molecule has 0 saturated carbocycles.